The van der Waals surface area contributed by atoms with Gasteiger partial charge in [0.05, 0.1) is 12.9 Å². The van der Waals surface area contributed by atoms with Gasteiger partial charge in [0.15, 0.2) is 5.69 Å². The zero-order valence-electron chi connectivity index (χ0n) is 13.6. The third-order valence-corrected chi connectivity index (χ3v) is 3.73. The fourth-order valence-corrected chi connectivity index (χ4v) is 2.53. The van der Waals surface area contributed by atoms with Crippen LogP contribution in [0, 0.1) is 0 Å². The van der Waals surface area contributed by atoms with Gasteiger partial charge in [0.25, 0.3) is 0 Å². The third-order valence-electron chi connectivity index (χ3n) is 3.04. The number of benzene rings is 1. The SMILES string of the molecule is CCOC(=O)c1coc(=O)c(N=CN(C)C)c1-c1ccccc1Br. The molecule has 24 heavy (non-hydrogen) atoms. The van der Waals surface area contributed by atoms with Gasteiger partial charge in [0.1, 0.15) is 11.8 Å². The molecule has 0 aliphatic rings. The Kier molecular flexibility index (Phi) is 5.92. The maximum absolute atomic E-state index is 12.3. The lowest BCUT2D eigenvalue weighted by molar-refractivity contribution is 0.0524. The van der Waals surface area contributed by atoms with Crippen molar-refractivity contribution < 1.29 is 13.9 Å². The standard InChI is InChI=1S/C17H17BrN2O4/c1-4-23-16(21)12-9-24-17(22)15(19-10-20(2)3)14(12)11-7-5-6-8-13(11)18/h5-10H,4H2,1-3H3. The molecule has 0 unspecified atom stereocenters. The second kappa shape index (κ2) is 7.92. The Labute approximate surface area is 147 Å². The number of hydrogen-bond donors (Lipinski definition) is 0. The topological polar surface area (TPSA) is 72.1 Å². The van der Waals surface area contributed by atoms with Gasteiger partial charge >= 0.3 is 11.6 Å². The van der Waals surface area contributed by atoms with E-state index in [1.165, 1.54) is 6.34 Å². The minimum absolute atomic E-state index is 0.0427. The average Bonchev–Trinajstić information content (AvgIpc) is 2.54. The Balaban J connectivity index is 2.79. The molecule has 0 bridgehead atoms. The normalized spacial score (nSPS) is 10.8. The van der Waals surface area contributed by atoms with Crippen LogP contribution in [0.3, 0.4) is 0 Å². The number of esters is 1. The zero-order chi connectivity index (χ0) is 17.7. The number of carbonyl (C=O) groups is 1. The van der Waals surface area contributed by atoms with Crippen molar-refractivity contribution in [2.45, 2.75) is 6.92 Å². The van der Waals surface area contributed by atoms with E-state index in [4.69, 9.17) is 9.15 Å². The summed E-state index contributed by atoms with van der Waals surface area (Å²) in [6.45, 7) is 1.92. The highest BCUT2D eigenvalue weighted by Crippen LogP contribution is 2.36. The van der Waals surface area contributed by atoms with Gasteiger partial charge in [-0.1, -0.05) is 34.1 Å². The molecule has 2 rings (SSSR count). The van der Waals surface area contributed by atoms with Crippen molar-refractivity contribution in [1.82, 2.24) is 4.90 Å². The number of aliphatic imine (C=N–C) groups is 1. The Morgan fingerprint density at radius 1 is 1.38 bits per heavy atom. The first-order chi connectivity index (χ1) is 11.5. The molecule has 0 amide bonds. The molecule has 1 aromatic heterocycles. The van der Waals surface area contributed by atoms with Crippen molar-refractivity contribution in [1.29, 1.82) is 0 Å². The molecule has 1 heterocycles. The van der Waals surface area contributed by atoms with Crippen molar-refractivity contribution in [3.8, 4) is 11.1 Å². The van der Waals surface area contributed by atoms with Gasteiger partial charge in [0, 0.05) is 24.1 Å². The molecule has 1 aromatic carbocycles. The summed E-state index contributed by atoms with van der Waals surface area (Å²) in [6.07, 6.45) is 2.59. The van der Waals surface area contributed by atoms with Crippen LogP contribution in [0.25, 0.3) is 11.1 Å². The fourth-order valence-electron chi connectivity index (χ4n) is 2.04. The first-order valence-electron chi connectivity index (χ1n) is 7.24. The van der Waals surface area contributed by atoms with Crippen molar-refractivity contribution >= 4 is 33.9 Å². The van der Waals surface area contributed by atoms with Gasteiger partial charge in [-0.2, -0.15) is 0 Å². The van der Waals surface area contributed by atoms with Crippen molar-refractivity contribution in [2.24, 2.45) is 4.99 Å². The van der Waals surface area contributed by atoms with Gasteiger partial charge in [0.2, 0.25) is 0 Å². The highest BCUT2D eigenvalue weighted by molar-refractivity contribution is 9.10. The molecule has 0 saturated heterocycles. The molecule has 2 aromatic rings. The van der Waals surface area contributed by atoms with E-state index in [2.05, 4.69) is 20.9 Å². The van der Waals surface area contributed by atoms with Crippen molar-refractivity contribution in [3.05, 3.63) is 51.0 Å². The van der Waals surface area contributed by atoms with Crippen LogP contribution < -0.4 is 5.63 Å². The van der Waals surface area contributed by atoms with E-state index >= 15 is 0 Å². The number of rotatable bonds is 5. The lowest BCUT2D eigenvalue weighted by Gasteiger charge is -2.12. The molecule has 0 aliphatic heterocycles. The second-order valence-corrected chi connectivity index (χ2v) is 5.92. The van der Waals surface area contributed by atoms with Crippen LogP contribution in [0.5, 0.6) is 0 Å². The lowest BCUT2D eigenvalue weighted by atomic mass is 10.0. The molecular weight excluding hydrogens is 376 g/mol. The van der Waals surface area contributed by atoms with Crippen LogP contribution in [0.4, 0.5) is 5.69 Å². The molecule has 0 saturated carbocycles. The quantitative estimate of drug-likeness (QED) is 0.442. The zero-order valence-corrected chi connectivity index (χ0v) is 15.2. The summed E-state index contributed by atoms with van der Waals surface area (Å²) in [4.78, 5) is 30.4. The van der Waals surface area contributed by atoms with E-state index in [-0.39, 0.29) is 17.9 Å². The number of nitrogens with zero attached hydrogens (tertiary/aromatic N) is 2. The van der Waals surface area contributed by atoms with E-state index in [0.717, 1.165) is 10.7 Å². The van der Waals surface area contributed by atoms with E-state index < -0.39 is 11.6 Å². The lowest BCUT2D eigenvalue weighted by Crippen LogP contribution is -2.12. The Hall–Kier alpha value is -2.41. The predicted octanol–water partition coefficient (Wildman–Crippen LogP) is 3.47. The molecule has 0 N–H and O–H groups in total. The minimum atomic E-state index is -0.632. The van der Waals surface area contributed by atoms with Crippen molar-refractivity contribution in [3.63, 3.8) is 0 Å². The van der Waals surface area contributed by atoms with Gasteiger partial charge in [-0.25, -0.2) is 14.6 Å². The van der Waals surface area contributed by atoms with Gasteiger partial charge in [-0.3, -0.25) is 0 Å². The molecule has 0 atom stereocenters. The first-order valence-corrected chi connectivity index (χ1v) is 8.03. The third kappa shape index (κ3) is 3.91. The maximum atomic E-state index is 12.3. The van der Waals surface area contributed by atoms with Crippen LogP contribution in [0.1, 0.15) is 17.3 Å². The molecule has 126 valence electrons. The molecule has 0 spiro atoms. The van der Waals surface area contributed by atoms with Gasteiger partial charge in [-0.05, 0) is 18.6 Å². The number of halogens is 1. The smallest absolute Gasteiger partial charge is 0.362 e. The van der Waals surface area contributed by atoms with Crippen LogP contribution >= 0.6 is 15.9 Å². The van der Waals surface area contributed by atoms with Crippen LogP contribution in [-0.2, 0) is 4.74 Å². The summed E-state index contributed by atoms with van der Waals surface area (Å²) >= 11 is 3.45. The highest BCUT2D eigenvalue weighted by Gasteiger charge is 2.23. The minimum Gasteiger partial charge on any atom is -0.462 e. The number of carbonyl (C=O) groups excluding carboxylic acids is 1. The van der Waals surface area contributed by atoms with Crippen LogP contribution in [0.2, 0.25) is 0 Å². The molecule has 0 aliphatic carbocycles. The summed E-state index contributed by atoms with van der Waals surface area (Å²) in [6, 6.07) is 7.25. The summed E-state index contributed by atoms with van der Waals surface area (Å²) in [5, 5.41) is 0. The van der Waals surface area contributed by atoms with Crippen molar-refractivity contribution in [2.75, 3.05) is 20.7 Å². The Bertz CT molecular complexity index is 828. The number of ether oxygens (including phenoxy) is 1. The average molecular weight is 393 g/mol. The highest BCUT2D eigenvalue weighted by atomic mass is 79.9. The van der Waals surface area contributed by atoms with Gasteiger partial charge < -0.3 is 14.1 Å². The first kappa shape index (κ1) is 17.9. The number of hydrogen-bond acceptors (Lipinski definition) is 5. The molecule has 7 heteroatoms. The Morgan fingerprint density at radius 2 is 2.08 bits per heavy atom. The van der Waals surface area contributed by atoms with E-state index in [9.17, 15) is 9.59 Å². The second-order valence-electron chi connectivity index (χ2n) is 5.07. The van der Waals surface area contributed by atoms with E-state index in [0.29, 0.717) is 11.1 Å². The monoisotopic (exact) mass is 392 g/mol. The van der Waals surface area contributed by atoms with E-state index in [1.807, 2.05) is 18.2 Å². The maximum Gasteiger partial charge on any atom is 0.362 e. The summed E-state index contributed by atoms with van der Waals surface area (Å²) in [5.41, 5.74) is 0.581. The molecule has 6 nitrogen and oxygen atoms in total. The summed E-state index contributed by atoms with van der Waals surface area (Å²) < 4.78 is 10.8. The van der Waals surface area contributed by atoms with Crippen LogP contribution in [-0.4, -0.2) is 37.9 Å². The fraction of sp³-hybridized carbons (Fsp3) is 0.235. The molecule has 0 radical (unpaired) electrons. The van der Waals surface area contributed by atoms with E-state index in [1.54, 1.807) is 32.0 Å². The summed E-state index contributed by atoms with van der Waals surface area (Å²) in [7, 11) is 3.55. The van der Waals surface area contributed by atoms with Gasteiger partial charge in [-0.15, -0.1) is 0 Å². The summed E-state index contributed by atoms with van der Waals surface area (Å²) in [5.74, 6) is -0.576. The van der Waals surface area contributed by atoms with Crippen LogP contribution in [0.15, 0.2) is 49.2 Å². The Morgan fingerprint density at radius 3 is 2.71 bits per heavy atom. The predicted molar refractivity (Wildman–Crippen MR) is 95.9 cm³/mol. The molecule has 0 fully saturated rings. The largest absolute Gasteiger partial charge is 0.462 e. The molecular formula is C17H17BrN2O4.